The molecule has 0 bridgehead atoms. The van der Waals surface area contributed by atoms with Crippen LogP contribution in [0.5, 0.6) is 5.75 Å². The minimum Gasteiger partial charge on any atom is -0.495 e. The Morgan fingerprint density at radius 2 is 2.21 bits per heavy atom. The highest BCUT2D eigenvalue weighted by molar-refractivity contribution is 5.93. The van der Waals surface area contributed by atoms with Gasteiger partial charge in [-0.1, -0.05) is 12.1 Å². The van der Waals surface area contributed by atoms with Gasteiger partial charge in [0, 0.05) is 13.1 Å². The molecule has 1 aromatic rings. The normalized spacial score (nSPS) is 15.4. The highest BCUT2D eigenvalue weighted by Crippen LogP contribution is 2.23. The van der Waals surface area contributed by atoms with E-state index < -0.39 is 0 Å². The third-order valence-electron chi connectivity index (χ3n) is 2.90. The van der Waals surface area contributed by atoms with Crippen LogP contribution in [-0.4, -0.2) is 43.6 Å². The number of ether oxygens (including phenoxy) is 1. The Balaban J connectivity index is 2.05. The number of amides is 3. The Morgan fingerprint density at radius 1 is 1.42 bits per heavy atom. The van der Waals surface area contributed by atoms with Crippen LogP contribution in [0.1, 0.15) is 6.42 Å². The van der Waals surface area contributed by atoms with Crippen LogP contribution in [-0.2, 0) is 4.79 Å². The van der Waals surface area contributed by atoms with Crippen molar-refractivity contribution in [3.05, 3.63) is 24.3 Å². The number of nitrogens with one attached hydrogen (secondary N) is 2. The van der Waals surface area contributed by atoms with Gasteiger partial charge in [-0.25, -0.2) is 4.79 Å². The van der Waals surface area contributed by atoms with Crippen molar-refractivity contribution in [3.8, 4) is 5.75 Å². The van der Waals surface area contributed by atoms with E-state index in [4.69, 9.17) is 4.74 Å². The summed E-state index contributed by atoms with van der Waals surface area (Å²) >= 11 is 0. The van der Waals surface area contributed by atoms with E-state index in [2.05, 4.69) is 10.6 Å². The summed E-state index contributed by atoms with van der Waals surface area (Å²) in [7, 11) is 1.55. The summed E-state index contributed by atoms with van der Waals surface area (Å²) in [6.07, 6.45) is 0.755. The van der Waals surface area contributed by atoms with Crippen LogP contribution in [0.4, 0.5) is 10.5 Å². The van der Waals surface area contributed by atoms with E-state index in [1.807, 2.05) is 12.1 Å². The van der Waals surface area contributed by atoms with Gasteiger partial charge in [0.05, 0.1) is 12.8 Å². The summed E-state index contributed by atoms with van der Waals surface area (Å²) in [4.78, 5) is 25.0. The van der Waals surface area contributed by atoms with Gasteiger partial charge >= 0.3 is 6.03 Å². The SMILES string of the molecule is COc1ccccc1NC(=O)N1CCCNC(=O)C1. The highest BCUT2D eigenvalue weighted by Gasteiger charge is 2.20. The van der Waals surface area contributed by atoms with Gasteiger partial charge in [0.25, 0.3) is 0 Å². The maximum absolute atomic E-state index is 12.1. The summed E-state index contributed by atoms with van der Waals surface area (Å²) in [6, 6.07) is 6.88. The Labute approximate surface area is 111 Å². The van der Waals surface area contributed by atoms with E-state index in [-0.39, 0.29) is 18.5 Å². The molecule has 1 aromatic carbocycles. The Hall–Kier alpha value is -2.24. The molecule has 6 heteroatoms. The number of nitrogens with zero attached hydrogens (tertiary/aromatic N) is 1. The number of hydrogen-bond donors (Lipinski definition) is 2. The second-order valence-corrected chi connectivity index (χ2v) is 4.26. The Kier molecular flexibility index (Phi) is 4.22. The van der Waals surface area contributed by atoms with Gasteiger partial charge in [0.1, 0.15) is 12.3 Å². The minimum atomic E-state index is -0.290. The molecular weight excluding hydrogens is 246 g/mol. The lowest BCUT2D eigenvalue weighted by Gasteiger charge is -2.20. The maximum atomic E-state index is 12.1. The summed E-state index contributed by atoms with van der Waals surface area (Å²) in [6.45, 7) is 1.25. The second-order valence-electron chi connectivity index (χ2n) is 4.26. The maximum Gasteiger partial charge on any atom is 0.322 e. The van der Waals surface area contributed by atoms with Crippen LogP contribution in [0.15, 0.2) is 24.3 Å². The van der Waals surface area contributed by atoms with Crippen molar-refractivity contribution in [2.24, 2.45) is 0 Å². The lowest BCUT2D eigenvalue weighted by molar-refractivity contribution is -0.120. The first kappa shape index (κ1) is 13.2. The summed E-state index contributed by atoms with van der Waals surface area (Å²) in [5.41, 5.74) is 0.597. The average molecular weight is 263 g/mol. The van der Waals surface area contributed by atoms with E-state index in [9.17, 15) is 9.59 Å². The molecule has 0 atom stereocenters. The van der Waals surface area contributed by atoms with Crippen LogP contribution >= 0.6 is 0 Å². The molecule has 0 radical (unpaired) electrons. The number of urea groups is 1. The average Bonchev–Trinajstić information content (AvgIpc) is 2.64. The zero-order valence-electron chi connectivity index (χ0n) is 10.8. The molecule has 102 valence electrons. The second kappa shape index (κ2) is 6.08. The molecular formula is C13H17N3O3. The van der Waals surface area contributed by atoms with Gasteiger partial charge in [-0.05, 0) is 18.6 Å². The van der Waals surface area contributed by atoms with Crippen molar-refractivity contribution in [2.75, 3.05) is 32.1 Å². The number of rotatable bonds is 2. The molecule has 0 aromatic heterocycles. The molecule has 1 heterocycles. The van der Waals surface area contributed by atoms with Crippen molar-refractivity contribution in [3.63, 3.8) is 0 Å². The number of hydrogen-bond acceptors (Lipinski definition) is 3. The van der Waals surface area contributed by atoms with Crippen molar-refractivity contribution in [1.82, 2.24) is 10.2 Å². The predicted octanol–water partition coefficient (Wildman–Crippen LogP) is 1.05. The monoisotopic (exact) mass is 263 g/mol. The van der Waals surface area contributed by atoms with E-state index >= 15 is 0 Å². The molecule has 2 N–H and O–H groups in total. The fourth-order valence-electron chi connectivity index (χ4n) is 1.92. The molecule has 1 aliphatic heterocycles. The topological polar surface area (TPSA) is 70.7 Å². The molecule has 3 amide bonds. The molecule has 0 saturated carbocycles. The molecule has 2 rings (SSSR count). The molecule has 19 heavy (non-hydrogen) atoms. The largest absolute Gasteiger partial charge is 0.495 e. The van der Waals surface area contributed by atoms with Crippen molar-refractivity contribution in [1.29, 1.82) is 0 Å². The quantitative estimate of drug-likeness (QED) is 0.837. The smallest absolute Gasteiger partial charge is 0.322 e. The molecule has 1 saturated heterocycles. The molecule has 0 spiro atoms. The first-order chi connectivity index (χ1) is 9.20. The van der Waals surface area contributed by atoms with Crippen LogP contribution in [0.2, 0.25) is 0 Å². The van der Waals surface area contributed by atoms with Gasteiger partial charge in [-0.2, -0.15) is 0 Å². The lowest BCUT2D eigenvalue weighted by atomic mass is 10.3. The highest BCUT2D eigenvalue weighted by atomic mass is 16.5. The van der Waals surface area contributed by atoms with Crippen molar-refractivity contribution in [2.45, 2.75) is 6.42 Å². The van der Waals surface area contributed by atoms with E-state index in [1.54, 1.807) is 19.2 Å². The summed E-state index contributed by atoms with van der Waals surface area (Å²) in [5, 5.41) is 5.49. The number of carbonyl (C=O) groups is 2. The predicted molar refractivity (Wildman–Crippen MR) is 71.2 cm³/mol. The van der Waals surface area contributed by atoms with Gasteiger partial charge in [0.15, 0.2) is 0 Å². The third-order valence-corrected chi connectivity index (χ3v) is 2.90. The lowest BCUT2D eigenvalue weighted by Crippen LogP contribution is -2.39. The third kappa shape index (κ3) is 3.37. The number of methoxy groups -OCH3 is 1. The van der Waals surface area contributed by atoms with Gasteiger partial charge in [-0.3, -0.25) is 4.79 Å². The summed E-state index contributed by atoms with van der Waals surface area (Å²) in [5.74, 6) is 0.461. The zero-order chi connectivity index (χ0) is 13.7. The molecule has 1 fully saturated rings. The van der Waals surface area contributed by atoms with Crippen molar-refractivity contribution >= 4 is 17.6 Å². The number of carbonyl (C=O) groups excluding carboxylic acids is 2. The van der Waals surface area contributed by atoms with E-state index in [1.165, 1.54) is 4.90 Å². The summed E-state index contributed by atoms with van der Waals surface area (Å²) < 4.78 is 5.17. The van der Waals surface area contributed by atoms with Gasteiger partial charge < -0.3 is 20.3 Å². The molecule has 1 aliphatic rings. The van der Waals surface area contributed by atoms with Crippen LogP contribution in [0.3, 0.4) is 0 Å². The van der Waals surface area contributed by atoms with E-state index in [0.29, 0.717) is 24.5 Å². The van der Waals surface area contributed by atoms with Crippen molar-refractivity contribution < 1.29 is 14.3 Å². The standard InChI is InChI=1S/C13H17N3O3/c1-19-11-6-3-2-5-10(11)15-13(18)16-8-4-7-14-12(17)9-16/h2-3,5-6H,4,7-9H2,1H3,(H,14,17)(H,15,18). The number of para-hydroxylation sites is 2. The Morgan fingerprint density at radius 3 is 3.00 bits per heavy atom. The van der Waals surface area contributed by atoms with E-state index in [0.717, 1.165) is 6.42 Å². The number of benzene rings is 1. The minimum absolute atomic E-state index is 0.0843. The number of anilines is 1. The van der Waals surface area contributed by atoms with Gasteiger partial charge in [0.2, 0.25) is 5.91 Å². The fourth-order valence-corrected chi connectivity index (χ4v) is 1.92. The molecule has 0 aliphatic carbocycles. The molecule has 0 unspecified atom stereocenters. The first-order valence-corrected chi connectivity index (χ1v) is 6.16. The first-order valence-electron chi connectivity index (χ1n) is 6.16. The zero-order valence-corrected chi connectivity index (χ0v) is 10.8. The van der Waals surface area contributed by atoms with Gasteiger partial charge in [-0.15, -0.1) is 0 Å². The van der Waals surface area contributed by atoms with Crippen LogP contribution < -0.4 is 15.4 Å². The van der Waals surface area contributed by atoms with Crippen LogP contribution in [0.25, 0.3) is 0 Å². The fraction of sp³-hybridized carbons (Fsp3) is 0.385. The Bertz CT molecular complexity index is 476. The van der Waals surface area contributed by atoms with Crippen LogP contribution in [0, 0.1) is 0 Å². The molecule has 6 nitrogen and oxygen atoms in total.